The number of carbonyl (C=O) groups excluding carboxylic acids is 1. The first-order valence-electron chi connectivity index (χ1n) is 8.34. The maximum atomic E-state index is 13.4. The van der Waals surface area contributed by atoms with Gasteiger partial charge in [-0.2, -0.15) is 5.26 Å². The molecule has 1 atom stereocenters. The Kier molecular flexibility index (Phi) is 5.61. The normalized spacial score (nSPS) is 25.6. The van der Waals surface area contributed by atoms with Gasteiger partial charge in [-0.15, -0.1) is 0 Å². The highest BCUT2D eigenvalue weighted by Crippen LogP contribution is 2.33. The van der Waals surface area contributed by atoms with Crippen molar-refractivity contribution >= 4 is 5.91 Å². The number of amides is 1. The van der Waals surface area contributed by atoms with Crippen molar-refractivity contribution in [3.63, 3.8) is 0 Å². The highest BCUT2D eigenvalue weighted by Gasteiger charge is 2.43. The lowest BCUT2D eigenvalue weighted by Gasteiger charge is -2.34. The summed E-state index contributed by atoms with van der Waals surface area (Å²) in [7, 11) is 0. The molecule has 0 aromatic heterocycles. The van der Waals surface area contributed by atoms with Crippen LogP contribution in [0.2, 0.25) is 0 Å². The molecule has 2 heterocycles. The summed E-state index contributed by atoms with van der Waals surface area (Å²) in [5, 5.41) is 18.6. The second-order valence-corrected chi connectivity index (χ2v) is 7.29. The number of likely N-dealkylation sites (tertiary alicyclic amines) is 2. The van der Waals surface area contributed by atoms with E-state index in [-0.39, 0.29) is 43.5 Å². The van der Waals surface area contributed by atoms with Gasteiger partial charge in [0.15, 0.2) is 0 Å². The summed E-state index contributed by atoms with van der Waals surface area (Å²) in [6.45, 7) is 4.35. The predicted octanol–water partition coefficient (Wildman–Crippen LogP) is 1.79. The molecule has 0 aromatic rings. The van der Waals surface area contributed by atoms with Crippen LogP contribution in [-0.4, -0.2) is 65.1 Å². The van der Waals surface area contributed by atoms with Crippen LogP contribution in [-0.2, 0) is 4.79 Å². The minimum Gasteiger partial charge on any atom is -0.396 e. The van der Waals surface area contributed by atoms with E-state index in [1.54, 1.807) is 23.6 Å². The van der Waals surface area contributed by atoms with E-state index >= 15 is 0 Å². The molecule has 1 N–H and O–H groups in total. The standard InChI is InChI=1S/C17H25F2N3O2/c1-16(2,22-7-5-17(18,19)12-22)8-14(9-20)15(24)21-6-3-4-13(10-21)11-23/h8,13,23H,3-7,10-12H2,1-2H3/t13-/m0/s1. The first kappa shape index (κ1) is 18.8. The molecule has 2 fully saturated rings. The Labute approximate surface area is 141 Å². The number of hydrogen-bond acceptors (Lipinski definition) is 4. The lowest BCUT2D eigenvalue weighted by molar-refractivity contribution is -0.128. The van der Waals surface area contributed by atoms with Crippen LogP contribution in [0.3, 0.4) is 0 Å². The Morgan fingerprint density at radius 2 is 2.17 bits per heavy atom. The van der Waals surface area contributed by atoms with Crippen molar-refractivity contribution in [1.29, 1.82) is 5.26 Å². The number of carbonyl (C=O) groups is 1. The molecule has 7 heteroatoms. The molecular weight excluding hydrogens is 316 g/mol. The summed E-state index contributed by atoms with van der Waals surface area (Å²) in [5.41, 5.74) is -0.818. The highest BCUT2D eigenvalue weighted by atomic mass is 19.3. The van der Waals surface area contributed by atoms with Crippen molar-refractivity contribution < 1.29 is 18.7 Å². The molecule has 2 aliphatic rings. The molecular formula is C17H25F2N3O2. The number of hydrogen-bond donors (Lipinski definition) is 1. The van der Waals surface area contributed by atoms with Gasteiger partial charge in [0, 0.05) is 38.2 Å². The molecule has 0 bridgehead atoms. The molecule has 5 nitrogen and oxygen atoms in total. The van der Waals surface area contributed by atoms with Crippen LogP contribution in [0.15, 0.2) is 11.6 Å². The fourth-order valence-corrected chi connectivity index (χ4v) is 3.38. The third-order valence-electron chi connectivity index (χ3n) is 4.90. The Morgan fingerprint density at radius 1 is 1.46 bits per heavy atom. The topological polar surface area (TPSA) is 67.6 Å². The Morgan fingerprint density at radius 3 is 2.71 bits per heavy atom. The van der Waals surface area contributed by atoms with Gasteiger partial charge in [0.05, 0.1) is 6.54 Å². The molecule has 0 aliphatic carbocycles. The fourth-order valence-electron chi connectivity index (χ4n) is 3.38. The van der Waals surface area contributed by atoms with E-state index in [0.717, 1.165) is 12.8 Å². The zero-order valence-corrected chi connectivity index (χ0v) is 14.3. The number of alkyl halides is 2. The summed E-state index contributed by atoms with van der Waals surface area (Å²) in [6.07, 6.45) is 2.95. The summed E-state index contributed by atoms with van der Waals surface area (Å²) < 4.78 is 26.9. The maximum Gasteiger partial charge on any atom is 0.264 e. The molecule has 24 heavy (non-hydrogen) atoms. The van der Waals surface area contributed by atoms with Crippen LogP contribution in [0.5, 0.6) is 0 Å². The number of aliphatic hydroxyl groups excluding tert-OH is 1. The molecule has 0 spiro atoms. The van der Waals surface area contributed by atoms with E-state index in [2.05, 4.69) is 0 Å². The van der Waals surface area contributed by atoms with Gasteiger partial charge in [0.2, 0.25) is 0 Å². The largest absolute Gasteiger partial charge is 0.396 e. The average molecular weight is 341 g/mol. The second kappa shape index (κ2) is 7.16. The van der Waals surface area contributed by atoms with Crippen LogP contribution in [0.1, 0.15) is 33.1 Å². The lowest BCUT2D eigenvalue weighted by atomic mass is 9.96. The van der Waals surface area contributed by atoms with Crippen LogP contribution in [0.4, 0.5) is 8.78 Å². The summed E-state index contributed by atoms with van der Waals surface area (Å²) in [5.74, 6) is -3.06. The van der Waals surface area contributed by atoms with E-state index in [0.29, 0.717) is 13.1 Å². The Hall–Kier alpha value is -1.52. The molecule has 2 saturated heterocycles. The van der Waals surface area contributed by atoms with Gasteiger partial charge in [-0.25, -0.2) is 8.78 Å². The molecule has 1 amide bonds. The van der Waals surface area contributed by atoms with Crippen molar-refractivity contribution in [3.05, 3.63) is 11.6 Å². The number of rotatable bonds is 4. The van der Waals surface area contributed by atoms with Crippen molar-refractivity contribution in [3.8, 4) is 6.07 Å². The van der Waals surface area contributed by atoms with Crippen molar-refractivity contribution in [1.82, 2.24) is 9.80 Å². The van der Waals surface area contributed by atoms with Crippen molar-refractivity contribution in [2.24, 2.45) is 5.92 Å². The molecule has 0 radical (unpaired) electrons. The maximum absolute atomic E-state index is 13.4. The number of aliphatic hydroxyl groups is 1. The Balaban J connectivity index is 2.13. The molecule has 2 rings (SSSR count). The quantitative estimate of drug-likeness (QED) is 0.625. The minimum absolute atomic E-state index is 0.0176. The van der Waals surface area contributed by atoms with E-state index in [4.69, 9.17) is 0 Å². The molecule has 0 unspecified atom stereocenters. The van der Waals surface area contributed by atoms with E-state index in [9.17, 15) is 23.9 Å². The first-order chi connectivity index (χ1) is 11.2. The first-order valence-corrected chi connectivity index (χ1v) is 8.34. The van der Waals surface area contributed by atoms with Gasteiger partial charge in [-0.05, 0) is 38.7 Å². The molecule has 134 valence electrons. The Bertz CT molecular complexity index is 555. The number of nitriles is 1. The third kappa shape index (κ3) is 4.31. The van der Waals surface area contributed by atoms with E-state index < -0.39 is 11.5 Å². The van der Waals surface area contributed by atoms with Gasteiger partial charge >= 0.3 is 0 Å². The number of piperidine rings is 1. The summed E-state index contributed by atoms with van der Waals surface area (Å²) >= 11 is 0. The molecule has 0 saturated carbocycles. The predicted molar refractivity (Wildman–Crippen MR) is 85.3 cm³/mol. The summed E-state index contributed by atoms with van der Waals surface area (Å²) in [4.78, 5) is 15.8. The number of nitrogens with zero attached hydrogens (tertiary/aromatic N) is 3. The fraction of sp³-hybridized carbons (Fsp3) is 0.765. The lowest BCUT2D eigenvalue weighted by Crippen LogP contribution is -2.44. The van der Waals surface area contributed by atoms with E-state index in [1.807, 2.05) is 6.07 Å². The van der Waals surface area contributed by atoms with Crippen LogP contribution < -0.4 is 0 Å². The smallest absolute Gasteiger partial charge is 0.264 e. The summed E-state index contributed by atoms with van der Waals surface area (Å²) in [6, 6.07) is 1.93. The van der Waals surface area contributed by atoms with Crippen molar-refractivity contribution in [2.45, 2.75) is 44.6 Å². The van der Waals surface area contributed by atoms with Crippen molar-refractivity contribution in [2.75, 3.05) is 32.8 Å². The highest BCUT2D eigenvalue weighted by molar-refractivity contribution is 5.97. The van der Waals surface area contributed by atoms with E-state index in [1.165, 1.54) is 6.08 Å². The van der Waals surface area contributed by atoms with Gasteiger partial charge in [0.1, 0.15) is 11.6 Å². The van der Waals surface area contributed by atoms with Gasteiger partial charge < -0.3 is 10.0 Å². The zero-order chi connectivity index (χ0) is 18.0. The SMILES string of the molecule is CC(C)(C=C(C#N)C(=O)N1CCC[C@H](CO)C1)N1CCC(F)(F)C1. The average Bonchev–Trinajstić information content (AvgIpc) is 2.93. The van der Waals surface area contributed by atoms with Crippen LogP contribution in [0, 0.1) is 17.2 Å². The van der Waals surface area contributed by atoms with Gasteiger partial charge in [-0.1, -0.05) is 0 Å². The minimum atomic E-state index is -2.72. The molecule has 2 aliphatic heterocycles. The third-order valence-corrected chi connectivity index (χ3v) is 4.90. The van der Waals surface area contributed by atoms with Gasteiger partial charge in [-0.3, -0.25) is 9.69 Å². The second-order valence-electron chi connectivity index (χ2n) is 7.29. The number of halogens is 2. The van der Waals surface area contributed by atoms with Crippen LogP contribution >= 0.6 is 0 Å². The van der Waals surface area contributed by atoms with Gasteiger partial charge in [0.25, 0.3) is 11.8 Å². The molecule has 0 aromatic carbocycles. The van der Waals surface area contributed by atoms with Crippen LogP contribution in [0.25, 0.3) is 0 Å². The monoisotopic (exact) mass is 341 g/mol. The zero-order valence-electron chi connectivity index (χ0n) is 14.3.